The highest BCUT2D eigenvalue weighted by atomic mass is 32.1. The molecule has 3 amide bonds. The zero-order valence-corrected chi connectivity index (χ0v) is 19.2. The normalized spacial score (nSPS) is 11.8. The average molecular weight is 464 g/mol. The summed E-state index contributed by atoms with van der Waals surface area (Å²) < 4.78 is 10.4. The first-order chi connectivity index (χ1) is 15.2. The van der Waals surface area contributed by atoms with Crippen LogP contribution < -0.4 is 16.0 Å². The van der Waals surface area contributed by atoms with Gasteiger partial charge in [0.15, 0.2) is 0 Å². The Balaban J connectivity index is 1.75. The zero-order chi connectivity index (χ0) is 23.4. The second-order valence-corrected chi connectivity index (χ2v) is 8.75. The van der Waals surface area contributed by atoms with E-state index in [2.05, 4.69) is 26.1 Å². The Kier molecular flexibility index (Phi) is 9.86. The predicted molar refractivity (Wildman–Crippen MR) is 120 cm³/mol. The summed E-state index contributed by atoms with van der Waals surface area (Å²) in [7, 11) is 0. The minimum atomic E-state index is -0.821. The van der Waals surface area contributed by atoms with Gasteiger partial charge in [-0.15, -0.1) is 10.2 Å². The average Bonchev–Trinajstić information content (AvgIpc) is 3.23. The van der Waals surface area contributed by atoms with Crippen LogP contribution in [0.2, 0.25) is 0 Å². The zero-order valence-electron chi connectivity index (χ0n) is 18.4. The van der Waals surface area contributed by atoms with Crippen LogP contribution in [0.5, 0.6) is 0 Å². The molecule has 2 rings (SSSR count). The van der Waals surface area contributed by atoms with Gasteiger partial charge in [-0.1, -0.05) is 41.7 Å². The van der Waals surface area contributed by atoms with E-state index in [1.165, 1.54) is 16.8 Å². The number of benzene rings is 1. The molecule has 32 heavy (non-hydrogen) atoms. The second-order valence-electron chi connectivity index (χ2n) is 7.92. The van der Waals surface area contributed by atoms with E-state index in [-0.39, 0.29) is 6.61 Å². The molecule has 1 aromatic heterocycles. The molecule has 0 unspecified atom stereocenters. The molecule has 1 aromatic carbocycles. The van der Waals surface area contributed by atoms with Crippen LogP contribution in [0.25, 0.3) is 0 Å². The van der Waals surface area contributed by atoms with Crippen molar-refractivity contribution in [2.45, 2.75) is 58.3 Å². The molecule has 0 aliphatic carbocycles. The fourth-order valence-electron chi connectivity index (χ4n) is 2.58. The Bertz CT molecular complexity index is 855. The molecular weight excluding hydrogens is 434 g/mol. The molecule has 0 aliphatic rings. The number of nitrogens with one attached hydrogen (secondary N) is 3. The molecule has 0 bridgehead atoms. The molecular formula is C21H29N5O5S. The maximum atomic E-state index is 12.6. The van der Waals surface area contributed by atoms with Crippen molar-refractivity contribution in [3.8, 4) is 0 Å². The Morgan fingerprint density at radius 1 is 1.09 bits per heavy atom. The standard InChI is InChI=1S/C21H29N5O5S/c1-21(2,3)31-20(29)24-16(17(27)25-18-26-23-14-32-18)11-7-8-12-22-19(28)30-13-15-9-5-4-6-10-15/h4-6,9-10,14,16H,7-8,11-13H2,1-3H3,(H,22,28)(H,24,29)(H,25,26,27)/t16-/m0/s1. The molecule has 10 nitrogen and oxygen atoms in total. The second kappa shape index (κ2) is 12.6. The highest BCUT2D eigenvalue weighted by molar-refractivity contribution is 7.13. The van der Waals surface area contributed by atoms with Gasteiger partial charge in [0, 0.05) is 6.54 Å². The van der Waals surface area contributed by atoms with Crippen molar-refractivity contribution in [2.75, 3.05) is 11.9 Å². The summed E-state index contributed by atoms with van der Waals surface area (Å²) in [5.41, 5.74) is 1.71. The molecule has 0 radical (unpaired) electrons. The quantitative estimate of drug-likeness (QED) is 0.460. The van der Waals surface area contributed by atoms with Crippen molar-refractivity contribution in [3.63, 3.8) is 0 Å². The van der Waals surface area contributed by atoms with Gasteiger partial charge in [-0.05, 0) is 45.6 Å². The van der Waals surface area contributed by atoms with E-state index in [0.29, 0.717) is 30.9 Å². The third-order valence-corrected chi connectivity index (χ3v) is 4.61. The maximum absolute atomic E-state index is 12.6. The van der Waals surface area contributed by atoms with Crippen LogP contribution in [0.1, 0.15) is 45.6 Å². The lowest BCUT2D eigenvalue weighted by Crippen LogP contribution is -2.45. The first-order valence-corrected chi connectivity index (χ1v) is 11.1. The number of rotatable bonds is 10. The fraction of sp³-hybridized carbons (Fsp3) is 0.476. The van der Waals surface area contributed by atoms with Crippen LogP contribution in [0, 0.1) is 0 Å². The number of carbonyl (C=O) groups excluding carboxylic acids is 3. The van der Waals surface area contributed by atoms with Crippen LogP contribution in [0.4, 0.5) is 14.7 Å². The van der Waals surface area contributed by atoms with Gasteiger partial charge in [0.25, 0.3) is 0 Å². The summed E-state index contributed by atoms with van der Waals surface area (Å²) in [5.74, 6) is -0.414. The Labute approximate surface area is 191 Å². The molecule has 0 fully saturated rings. The number of hydrogen-bond acceptors (Lipinski definition) is 8. The minimum Gasteiger partial charge on any atom is -0.445 e. The largest absolute Gasteiger partial charge is 0.445 e. The lowest BCUT2D eigenvalue weighted by Gasteiger charge is -2.23. The van der Waals surface area contributed by atoms with Gasteiger partial charge in [-0.25, -0.2) is 9.59 Å². The number of ether oxygens (including phenoxy) is 2. The predicted octanol–water partition coefficient (Wildman–Crippen LogP) is 3.47. The van der Waals surface area contributed by atoms with Crippen molar-refractivity contribution in [1.29, 1.82) is 0 Å². The van der Waals surface area contributed by atoms with E-state index in [9.17, 15) is 14.4 Å². The van der Waals surface area contributed by atoms with Crippen molar-refractivity contribution < 1.29 is 23.9 Å². The molecule has 1 heterocycles. The first kappa shape index (κ1) is 25.1. The molecule has 1 atom stereocenters. The summed E-state index contributed by atoms with van der Waals surface area (Å²) >= 11 is 1.18. The van der Waals surface area contributed by atoms with Gasteiger partial charge in [0.2, 0.25) is 11.0 Å². The lowest BCUT2D eigenvalue weighted by molar-refractivity contribution is -0.118. The summed E-state index contributed by atoms with van der Waals surface area (Å²) in [6.07, 6.45) is 0.330. The molecule has 2 aromatic rings. The van der Waals surface area contributed by atoms with Gasteiger partial charge in [0.1, 0.15) is 23.8 Å². The van der Waals surface area contributed by atoms with Crippen LogP contribution >= 0.6 is 11.3 Å². The smallest absolute Gasteiger partial charge is 0.408 e. The molecule has 0 aliphatic heterocycles. The highest BCUT2D eigenvalue weighted by Crippen LogP contribution is 2.12. The number of unbranched alkanes of at least 4 members (excludes halogenated alkanes) is 1. The Morgan fingerprint density at radius 3 is 2.50 bits per heavy atom. The number of hydrogen-bond donors (Lipinski definition) is 3. The molecule has 11 heteroatoms. The van der Waals surface area contributed by atoms with Crippen LogP contribution in [0.15, 0.2) is 35.8 Å². The van der Waals surface area contributed by atoms with Crippen molar-refractivity contribution in [1.82, 2.24) is 20.8 Å². The van der Waals surface area contributed by atoms with E-state index in [1.54, 1.807) is 20.8 Å². The summed E-state index contributed by atoms with van der Waals surface area (Å²) in [4.78, 5) is 36.5. The topological polar surface area (TPSA) is 132 Å². The summed E-state index contributed by atoms with van der Waals surface area (Å²) in [5, 5.41) is 15.7. The van der Waals surface area contributed by atoms with E-state index in [0.717, 1.165) is 5.56 Å². The van der Waals surface area contributed by atoms with Crippen LogP contribution in [0.3, 0.4) is 0 Å². The van der Waals surface area contributed by atoms with E-state index < -0.39 is 29.7 Å². The van der Waals surface area contributed by atoms with E-state index in [1.807, 2.05) is 30.3 Å². The molecule has 0 spiro atoms. The number of nitrogens with zero attached hydrogens (tertiary/aromatic N) is 2. The number of alkyl carbamates (subject to hydrolysis) is 2. The monoisotopic (exact) mass is 463 g/mol. The summed E-state index contributed by atoms with van der Waals surface area (Å²) in [6, 6.07) is 8.57. The molecule has 0 saturated carbocycles. The van der Waals surface area contributed by atoms with E-state index >= 15 is 0 Å². The van der Waals surface area contributed by atoms with Crippen molar-refractivity contribution >= 4 is 34.6 Å². The third kappa shape index (κ3) is 10.2. The van der Waals surface area contributed by atoms with Gasteiger partial charge in [-0.2, -0.15) is 0 Å². The number of aromatic nitrogens is 2. The Morgan fingerprint density at radius 2 is 1.84 bits per heavy atom. The molecule has 0 saturated heterocycles. The van der Waals surface area contributed by atoms with Gasteiger partial charge < -0.3 is 20.1 Å². The van der Waals surface area contributed by atoms with Gasteiger partial charge in [0.05, 0.1) is 0 Å². The number of anilines is 1. The molecule has 3 N–H and O–H groups in total. The highest BCUT2D eigenvalue weighted by Gasteiger charge is 2.24. The van der Waals surface area contributed by atoms with Gasteiger partial charge in [-0.3, -0.25) is 10.1 Å². The SMILES string of the molecule is CC(C)(C)OC(=O)N[C@@H](CCCCNC(=O)OCc1ccccc1)C(=O)Nc1nncs1. The lowest BCUT2D eigenvalue weighted by atomic mass is 10.1. The molecule has 174 valence electrons. The van der Waals surface area contributed by atoms with Gasteiger partial charge >= 0.3 is 12.2 Å². The fourth-order valence-corrected chi connectivity index (χ4v) is 3.02. The Hall–Kier alpha value is -3.21. The van der Waals surface area contributed by atoms with Crippen molar-refractivity contribution in [3.05, 3.63) is 41.4 Å². The number of carbonyl (C=O) groups is 3. The van der Waals surface area contributed by atoms with Crippen LogP contribution in [-0.2, 0) is 20.9 Å². The first-order valence-electron chi connectivity index (χ1n) is 10.2. The van der Waals surface area contributed by atoms with Crippen LogP contribution in [-0.4, -0.2) is 46.5 Å². The minimum absolute atomic E-state index is 0.195. The number of amides is 3. The summed E-state index contributed by atoms with van der Waals surface area (Å²) in [6.45, 7) is 5.80. The van der Waals surface area contributed by atoms with Crippen molar-refractivity contribution in [2.24, 2.45) is 0 Å². The maximum Gasteiger partial charge on any atom is 0.408 e. The third-order valence-electron chi connectivity index (χ3n) is 4.00. The van der Waals surface area contributed by atoms with E-state index in [4.69, 9.17) is 9.47 Å².